The summed E-state index contributed by atoms with van der Waals surface area (Å²) in [5, 5.41) is 5.81. The van der Waals surface area contributed by atoms with E-state index in [2.05, 4.69) is 20.5 Å². The number of nitrogens with zero attached hydrogens (tertiary/aromatic N) is 2. The number of para-hydroxylation sites is 1. The van der Waals surface area contributed by atoms with Crippen LogP contribution in [0.3, 0.4) is 0 Å². The van der Waals surface area contributed by atoms with Crippen molar-refractivity contribution in [1.29, 1.82) is 0 Å². The molecule has 0 unspecified atom stereocenters. The molecule has 1 aromatic carbocycles. The first-order valence-corrected chi connectivity index (χ1v) is 8.13. The van der Waals surface area contributed by atoms with Crippen LogP contribution >= 0.6 is 0 Å². The van der Waals surface area contributed by atoms with Crippen LogP contribution in [0.1, 0.15) is 11.1 Å². The van der Waals surface area contributed by atoms with E-state index in [1.807, 2.05) is 36.4 Å². The van der Waals surface area contributed by atoms with Crippen LogP contribution in [0, 0.1) is 0 Å². The summed E-state index contributed by atoms with van der Waals surface area (Å²) in [6.07, 6.45) is 3.43. The van der Waals surface area contributed by atoms with Crippen molar-refractivity contribution in [2.45, 2.75) is 13.1 Å². The van der Waals surface area contributed by atoms with Gasteiger partial charge in [0.25, 0.3) is 0 Å². The Morgan fingerprint density at radius 2 is 1.88 bits per heavy atom. The third-order valence-corrected chi connectivity index (χ3v) is 3.97. The fourth-order valence-electron chi connectivity index (χ4n) is 2.63. The Morgan fingerprint density at radius 1 is 1.12 bits per heavy atom. The smallest absolute Gasteiger partial charge is 0.319 e. The second-order valence-corrected chi connectivity index (χ2v) is 5.71. The molecule has 0 radical (unpaired) electrons. The van der Waals surface area contributed by atoms with E-state index < -0.39 is 0 Å². The third-order valence-electron chi connectivity index (χ3n) is 3.97. The highest BCUT2D eigenvalue weighted by Gasteiger charge is 2.13. The number of morpholine rings is 1. The van der Waals surface area contributed by atoms with Crippen molar-refractivity contribution in [3.8, 4) is 0 Å². The Hall–Kier alpha value is -2.44. The standard InChI is InChI=1S/C18H22N4O2/c23-18(20-13-15-5-7-19-8-6-15)21-17-4-2-1-3-16(17)14-22-9-11-24-12-10-22/h1-8H,9-14H2,(H2,20,21,23). The molecule has 0 saturated carbocycles. The fourth-order valence-corrected chi connectivity index (χ4v) is 2.63. The number of aromatic nitrogens is 1. The van der Waals surface area contributed by atoms with Crippen molar-refractivity contribution in [2.75, 3.05) is 31.6 Å². The number of amides is 2. The second-order valence-electron chi connectivity index (χ2n) is 5.71. The summed E-state index contributed by atoms with van der Waals surface area (Å²) in [5.41, 5.74) is 2.97. The Bertz CT molecular complexity index is 657. The maximum absolute atomic E-state index is 12.2. The van der Waals surface area contributed by atoms with E-state index in [4.69, 9.17) is 4.74 Å². The van der Waals surface area contributed by atoms with Gasteiger partial charge in [0.1, 0.15) is 0 Å². The lowest BCUT2D eigenvalue weighted by molar-refractivity contribution is 0.0343. The lowest BCUT2D eigenvalue weighted by atomic mass is 10.1. The highest BCUT2D eigenvalue weighted by molar-refractivity contribution is 5.90. The first-order valence-electron chi connectivity index (χ1n) is 8.13. The van der Waals surface area contributed by atoms with Crippen LogP contribution in [0.25, 0.3) is 0 Å². The quantitative estimate of drug-likeness (QED) is 0.884. The zero-order valence-electron chi connectivity index (χ0n) is 13.6. The van der Waals surface area contributed by atoms with Gasteiger partial charge in [0, 0.05) is 44.3 Å². The molecule has 1 aliphatic heterocycles. The molecule has 6 nitrogen and oxygen atoms in total. The van der Waals surface area contributed by atoms with Crippen LogP contribution < -0.4 is 10.6 Å². The van der Waals surface area contributed by atoms with Crippen molar-refractivity contribution >= 4 is 11.7 Å². The van der Waals surface area contributed by atoms with Crippen LogP contribution in [0.4, 0.5) is 10.5 Å². The molecule has 2 amide bonds. The summed E-state index contributed by atoms with van der Waals surface area (Å²) >= 11 is 0. The molecule has 1 fully saturated rings. The van der Waals surface area contributed by atoms with Gasteiger partial charge in [-0.1, -0.05) is 18.2 Å². The molecule has 1 aromatic heterocycles. The number of carbonyl (C=O) groups excluding carboxylic acids is 1. The van der Waals surface area contributed by atoms with E-state index in [1.54, 1.807) is 12.4 Å². The maximum atomic E-state index is 12.2. The molecule has 126 valence electrons. The zero-order valence-corrected chi connectivity index (χ0v) is 13.6. The first-order chi connectivity index (χ1) is 11.8. The molecule has 1 aliphatic rings. The summed E-state index contributed by atoms with van der Waals surface area (Å²) in [7, 11) is 0. The SMILES string of the molecule is O=C(NCc1ccncc1)Nc1ccccc1CN1CCOCC1. The number of ether oxygens (including phenoxy) is 1. The van der Waals surface area contributed by atoms with Gasteiger partial charge in [-0.3, -0.25) is 9.88 Å². The van der Waals surface area contributed by atoms with Crippen LogP contribution in [0.2, 0.25) is 0 Å². The number of hydrogen-bond donors (Lipinski definition) is 2. The minimum atomic E-state index is -0.207. The van der Waals surface area contributed by atoms with E-state index >= 15 is 0 Å². The Balaban J connectivity index is 1.56. The van der Waals surface area contributed by atoms with E-state index in [1.165, 1.54) is 0 Å². The molecule has 24 heavy (non-hydrogen) atoms. The van der Waals surface area contributed by atoms with Gasteiger partial charge >= 0.3 is 6.03 Å². The number of anilines is 1. The van der Waals surface area contributed by atoms with Crippen molar-refractivity contribution in [2.24, 2.45) is 0 Å². The number of benzene rings is 1. The van der Waals surface area contributed by atoms with Crippen LogP contribution in [0.15, 0.2) is 48.8 Å². The van der Waals surface area contributed by atoms with Gasteiger partial charge in [0.05, 0.1) is 13.2 Å². The minimum absolute atomic E-state index is 0.207. The zero-order chi connectivity index (χ0) is 16.6. The molecule has 2 N–H and O–H groups in total. The molecular formula is C18H22N4O2. The topological polar surface area (TPSA) is 66.5 Å². The Morgan fingerprint density at radius 3 is 2.67 bits per heavy atom. The van der Waals surface area contributed by atoms with Crippen LogP contribution in [-0.2, 0) is 17.8 Å². The molecule has 3 rings (SSSR count). The highest BCUT2D eigenvalue weighted by Crippen LogP contribution is 2.17. The van der Waals surface area contributed by atoms with Gasteiger partial charge in [-0.25, -0.2) is 4.79 Å². The lowest BCUT2D eigenvalue weighted by Gasteiger charge is -2.27. The summed E-state index contributed by atoms with van der Waals surface area (Å²) in [6, 6.07) is 11.5. The van der Waals surface area contributed by atoms with E-state index in [-0.39, 0.29) is 6.03 Å². The number of rotatable bonds is 5. The third kappa shape index (κ3) is 4.78. The molecule has 2 aromatic rings. The molecule has 0 spiro atoms. The fraction of sp³-hybridized carbons (Fsp3) is 0.333. The average Bonchev–Trinajstić information content (AvgIpc) is 2.63. The van der Waals surface area contributed by atoms with Gasteiger partial charge in [0.15, 0.2) is 0 Å². The molecule has 6 heteroatoms. The van der Waals surface area contributed by atoms with Crippen LogP contribution in [0.5, 0.6) is 0 Å². The molecule has 1 saturated heterocycles. The highest BCUT2D eigenvalue weighted by atomic mass is 16.5. The minimum Gasteiger partial charge on any atom is -0.379 e. The van der Waals surface area contributed by atoms with Gasteiger partial charge in [-0.15, -0.1) is 0 Å². The number of carbonyl (C=O) groups is 1. The number of nitrogens with one attached hydrogen (secondary N) is 2. The van der Waals surface area contributed by atoms with Crippen molar-refractivity contribution < 1.29 is 9.53 Å². The average molecular weight is 326 g/mol. The summed E-state index contributed by atoms with van der Waals surface area (Å²) in [6.45, 7) is 4.65. The maximum Gasteiger partial charge on any atom is 0.319 e. The van der Waals surface area contributed by atoms with Crippen molar-refractivity contribution in [3.63, 3.8) is 0 Å². The van der Waals surface area contributed by atoms with Gasteiger partial charge in [-0.05, 0) is 29.3 Å². The molecule has 0 aliphatic carbocycles. The predicted molar refractivity (Wildman–Crippen MR) is 92.6 cm³/mol. The normalized spacial score (nSPS) is 15.0. The Labute approximate surface area is 141 Å². The van der Waals surface area contributed by atoms with Crippen LogP contribution in [-0.4, -0.2) is 42.2 Å². The molecule has 0 bridgehead atoms. The van der Waals surface area contributed by atoms with Gasteiger partial charge in [0.2, 0.25) is 0 Å². The largest absolute Gasteiger partial charge is 0.379 e. The van der Waals surface area contributed by atoms with E-state index in [0.717, 1.165) is 49.7 Å². The second kappa shape index (κ2) is 8.42. The lowest BCUT2D eigenvalue weighted by Crippen LogP contribution is -2.36. The summed E-state index contributed by atoms with van der Waals surface area (Å²) < 4.78 is 5.38. The molecular weight excluding hydrogens is 304 g/mol. The predicted octanol–water partition coefficient (Wildman–Crippen LogP) is 2.24. The number of pyridine rings is 1. The number of urea groups is 1. The van der Waals surface area contributed by atoms with E-state index in [9.17, 15) is 4.79 Å². The van der Waals surface area contributed by atoms with E-state index in [0.29, 0.717) is 6.54 Å². The van der Waals surface area contributed by atoms with Gasteiger partial charge in [-0.2, -0.15) is 0 Å². The van der Waals surface area contributed by atoms with Crippen molar-refractivity contribution in [1.82, 2.24) is 15.2 Å². The monoisotopic (exact) mass is 326 g/mol. The van der Waals surface area contributed by atoms with Gasteiger partial charge < -0.3 is 15.4 Å². The molecule has 0 atom stereocenters. The first kappa shape index (κ1) is 16.4. The Kier molecular flexibility index (Phi) is 5.76. The summed E-state index contributed by atoms with van der Waals surface area (Å²) in [4.78, 5) is 18.5. The number of hydrogen-bond acceptors (Lipinski definition) is 4. The molecule has 2 heterocycles. The van der Waals surface area contributed by atoms with Crippen molar-refractivity contribution in [3.05, 3.63) is 59.9 Å². The summed E-state index contributed by atoms with van der Waals surface area (Å²) in [5.74, 6) is 0.